The number of benzene rings is 1. The zero-order valence-electron chi connectivity index (χ0n) is 9.05. The van der Waals surface area contributed by atoms with Crippen molar-refractivity contribution in [3.05, 3.63) is 41.2 Å². The highest BCUT2D eigenvalue weighted by molar-refractivity contribution is 6.34. The number of carbonyl (C=O) groups is 1. The highest BCUT2D eigenvalue weighted by atomic mass is 35.5. The second-order valence-corrected chi connectivity index (χ2v) is 3.69. The Balaban J connectivity index is 2.55. The molecular formula is C12H9ClN2O2. The molecule has 4 nitrogen and oxygen atoms in total. The second kappa shape index (κ2) is 4.93. The van der Waals surface area contributed by atoms with E-state index in [1.807, 2.05) is 0 Å². The van der Waals surface area contributed by atoms with Gasteiger partial charge >= 0.3 is 6.01 Å². The predicted molar refractivity (Wildman–Crippen MR) is 64.4 cm³/mol. The summed E-state index contributed by atoms with van der Waals surface area (Å²) in [6.07, 6.45) is 3.89. The molecule has 0 aliphatic rings. The minimum atomic E-state index is 0.272. The number of hydrogen-bond acceptors (Lipinski definition) is 4. The molecular weight excluding hydrogens is 240 g/mol. The lowest BCUT2D eigenvalue weighted by molar-refractivity contribution is 0.112. The standard InChI is InChI=1S/C12H9ClN2O2/c1-17-12-14-5-9(6-15-12)11-8(7-16)3-2-4-10(11)13/h2-7H,1H3. The van der Waals surface area contributed by atoms with Crippen molar-refractivity contribution in [2.75, 3.05) is 7.11 Å². The summed E-state index contributed by atoms with van der Waals surface area (Å²) in [4.78, 5) is 18.9. The lowest BCUT2D eigenvalue weighted by atomic mass is 10.0. The van der Waals surface area contributed by atoms with Gasteiger partial charge < -0.3 is 4.74 Å². The molecule has 0 amide bonds. The van der Waals surface area contributed by atoms with Crippen molar-refractivity contribution in [2.45, 2.75) is 0 Å². The largest absolute Gasteiger partial charge is 0.467 e. The van der Waals surface area contributed by atoms with Crippen LogP contribution in [0, 0.1) is 0 Å². The number of halogens is 1. The Bertz CT molecular complexity index is 541. The number of ether oxygens (including phenoxy) is 1. The summed E-state index contributed by atoms with van der Waals surface area (Å²) in [5.74, 6) is 0. The lowest BCUT2D eigenvalue weighted by Crippen LogP contribution is -1.94. The van der Waals surface area contributed by atoms with Gasteiger partial charge in [0.05, 0.1) is 7.11 Å². The molecule has 2 aromatic rings. The average molecular weight is 249 g/mol. The molecule has 0 saturated heterocycles. The molecule has 1 aromatic carbocycles. The van der Waals surface area contributed by atoms with Gasteiger partial charge in [0.25, 0.3) is 0 Å². The van der Waals surface area contributed by atoms with Crippen LogP contribution in [-0.4, -0.2) is 23.4 Å². The molecule has 1 aromatic heterocycles. The van der Waals surface area contributed by atoms with E-state index in [1.165, 1.54) is 7.11 Å². The smallest absolute Gasteiger partial charge is 0.316 e. The molecule has 86 valence electrons. The van der Waals surface area contributed by atoms with Crippen molar-refractivity contribution in [1.29, 1.82) is 0 Å². The summed E-state index contributed by atoms with van der Waals surface area (Å²) in [6.45, 7) is 0. The van der Waals surface area contributed by atoms with Crippen LogP contribution >= 0.6 is 11.6 Å². The highest BCUT2D eigenvalue weighted by Crippen LogP contribution is 2.29. The molecule has 0 saturated carbocycles. The summed E-state index contributed by atoms with van der Waals surface area (Å²) in [5.41, 5.74) is 1.82. The van der Waals surface area contributed by atoms with E-state index in [-0.39, 0.29) is 6.01 Å². The van der Waals surface area contributed by atoms with Crippen molar-refractivity contribution < 1.29 is 9.53 Å². The van der Waals surface area contributed by atoms with Crippen LogP contribution in [0.1, 0.15) is 10.4 Å². The summed E-state index contributed by atoms with van der Waals surface area (Å²) >= 11 is 6.07. The van der Waals surface area contributed by atoms with Crippen LogP contribution in [0.4, 0.5) is 0 Å². The number of hydrogen-bond donors (Lipinski definition) is 0. The Morgan fingerprint density at radius 1 is 1.29 bits per heavy atom. The highest BCUT2D eigenvalue weighted by Gasteiger charge is 2.10. The van der Waals surface area contributed by atoms with E-state index in [9.17, 15) is 4.79 Å². The molecule has 2 rings (SSSR count). The molecule has 17 heavy (non-hydrogen) atoms. The van der Waals surface area contributed by atoms with Crippen molar-refractivity contribution in [2.24, 2.45) is 0 Å². The number of methoxy groups -OCH3 is 1. The first kappa shape index (κ1) is 11.5. The molecule has 0 atom stereocenters. The fourth-order valence-electron chi connectivity index (χ4n) is 1.49. The number of aldehydes is 1. The van der Waals surface area contributed by atoms with Gasteiger partial charge in [-0.3, -0.25) is 4.79 Å². The zero-order chi connectivity index (χ0) is 12.3. The molecule has 0 N–H and O–H groups in total. The minimum Gasteiger partial charge on any atom is -0.467 e. The second-order valence-electron chi connectivity index (χ2n) is 3.28. The number of carbonyl (C=O) groups excluding carboxylic acids is 1. The first-order valence-electron chi connectivity index (χ1n) is 4.86. The quantitative estimate of drug-likeness (QED) is 0.784. The Hall–Kier alpha value is -1.94. The summed E-state index contributed by atoms with van der Waals surface area (Å²) in [7, 11) is 1.49. The normalized spacial score (nSPS) is 10.0. The first-order valence-corrected chi connectivity index (χ1v) is 5.24. The first-order chi connectivity index (χ1) is 8.26. The van der Waals surface area contributed by atoms with Crippen molar-refractivity contribution in [3.8, 4) is 17.1 Å². The summed E-state index contributed by atoms with van der Waals surface area (Å²) in [5, 5.41) is 0.489. The van der Waals surface area contributed by atoms with E-state index in [2.05, 4.69) is 9.97 Å². The van der Waals surface area contributed by atoms with Crippen LogP contribution < -0.4 is 4.74 Å². The van der Waals surface area contributed by atoms with Crippen molar-refractivity contribution >= 4 is 17.9 Å². The van der Waals surface area contributed by atoms with E-state index >= 15 is 0 Å². The van der Waals surface area contributed by atoms with Crippen LogP contribution in [-0.2, 0) is 0 Å². The van der Waals surface area contributed by atoms with E-state index in [0.717, 1.165) is 6.29 Å². The van der Waals surface area contributed by atoms with Gasteiger partial charge in [-0.25, -0.2) is 9.97 Å². The molecule has 5 heteroatoms. The third kappa shape index (κ3) is 2.26. The van der Waals surface area contributed by atoms with E-state index in [0.29, 0.717) is 21.7 Å². The predicted octanol–water partition coefficient (Wildman–Crippen LogP) is 2.62. The number of nitrogens with zero attached hydrogens (tertiary/aromatic N) is 2. The molecule has 0 aliphatic carbocycles. The molecule has 0 bridgehead atoms. The number of aromatic nitrogens is 2. The lowest BCUT2D eigenvalue weighted by Gasteiger charge is -2.07. The van der Waals surface area contributed by atoms with Gasteiger partial charge in [0.15, 0.2) is 6.29 Å². The third-order valence-corrected chi connectivity index (χ3v) is 2.59. The van der Waals surface area contributed by atoms with E-state index < -0.39 is 0 Å². The van der Waals surface area contributed by atoms with Gasteiger partial charge in [-0.05, 0) is 6.07 Å². The van der Waals surface area contributed by atoms with E-state index in [4.69, 9.17) is 16.3 Å². The molecule has 0 fully saturated rings. The average Bonchev–Trinajstić information content (AvgIpc) is 2.38. The molecule has 0 aliphatic heterocycles. The molecule has 0 spiro atoms. The van der Waals surface area contributed by atoms with Gasteiger partial charge in [0, 0.05) is 34.1 Å². The van der Waals surface area contributed by atoms with Gasteiger partial charge in [-0.1, -0.05) is 23.7 Å². The van der Waals surface area contributed by atoms with Crippen LogP contribution in [0.3, 0.4) is 0 Å². The van der Waals surface area contributed by atoms with Gasteiger partial charge in [0.1, 0.15) is 0 Å². The third-order valence-electron chi connectivity index (χ3n) is 2.27. The van der Waals surface area contributed by atoms with Crippen LogP contribution in [0.25, 0.3) is 11.1 Å². The minimum absolute atomic E-state index is 0.272. The van der Waals surface area contributed by atoms with Gasteiger partial charge in [-0.15, -0.1) is 0 Å². The van der Waals surface area contributed by atoms with E-state index in [1.54, 1.807) is 30.6 Å². The van der Waals surface area contributed by atoms with Gasteiger partial charge in [-0.2, -0.15) is 0 Å². The summed E-state index contributed by atoms with van der Waals surface area (Å²) in [6, 6.07) is 5.40. The maximum Gasteiger partial charge on any atom is 0.316 e. The molecule has 0 unspecified atom stereocenters. The van der Waals surface area contributed by atoms with Crippen LogP contribution in [0.5, 0.6) is 6.01 Å². The Morgan fingerprint density at radius 3 is 2.59 bits per heavy atom. The monoisotopic (exact) mass is 248 g/mol. The Labute approximate surface area is 103 Å². The van der Waals surface area contributed by atoms with Crippen molar-refractivity contribution in [3.63, 3.8) is 0 Å². The SMILES string of the molecule is COc1ncc(-c2c(Cl)cccc2C=O)cn1. The topological polar surface area (TPSA) is 52.1 Å². The summed E-state index contributed by atoms with van der Waals surface area (Å²) < 4.78 is 4.87. The maximum atomic E-state index is 11.0. The Kier molecular flexibility index (Phi) is 3.35. The zero-order valence-corrected chi connectivity index (χ0v) is 9.81. The van der Waals surface area contributed by atoms with Crippen LogP contribution in [0.15, 0.2) is 30.6 Å². The number of rotatable bonds is 3. The van der Waals surface area contributed by atoms with Crippen molar-refractivity contribution in [1.82, 2.24) is 9.97 Å². The Morgan fingerprint density at radius 2 is 2.00 bits per heavy atom. The fourth-order valence-corrected chi connectivity index (χ4v) is 1.79. The molecule has 0 radical (unpaired) electrons. The molecule has 1 heterocycles. The van der Waals surface area contributed by atoms with Crippen LogP contribution in [0.2, 0.25) is 5.02 Å². The maximum absolute atomic E-state index is 11.0. The fraction of sp³-hybridized carbons (Fsp3) is 0.0833. The van der Waals surface area contributed by atoms with Gasteiger partial charge in [0.2, 0.25) is 0 Å².